The minimum Gasteiger partial charge on any atom is -0.328 e. The Morgan fingerprint density at radius 3 is 2.58 bits per heavy atom. The van der Waals surface area contributed by atoms with Gasteiger partial charge in [0.1, 0.15) is 5.82 Å². The molecule has 0 spiro atoms. The molecule has 168 valence electrons. The van der Waals surface area contributed by atoms with Crippen LogP contribution in [-0.4, -0.2) is 46.3 Å². The number of carbonyl (C=O) groups excluding carboxylic acids is 1. The molecule has 2 heterocycles. The Hall–Kier alpha value is -2.30. The van der Waals surface area contributed by atoms with E-state index < -0.39 is 10.0 Å². The van der Waals surface area contributed by atoms with Gasteiger partial charge in [0.2, 0.25) is 15.9 Å². The van der Waals surface area contributed by atoms with Gasteiger partial charge < -0.3 is 9.88 Å². The Labute approximate surface area is 187 Å². The number of hydrogen-bond acceptors (Lipinski definition) is 6. The largest absolute Gasteiger partial charge is 0.328 e. The van der Waals surface area contributed by atoms with Gasteiger partial charge >= 0.3 is 0 Å². The van der Waals surface area contributed by atoms with Crippen molar-refractivity contribution in [3.63, 3.8) is 0 Å². The Kier molecular flexibility index (Phi) is 7.45. The number of carbonyl (C=O) groups is 1. The zero-order valence-corrected chi connectivity index (χ0v) is 20.0. The Morgan fingerprint density at radius 1 is 1.23 bits per heavy atom. The SMILES string of the molecule is CCCn1c(CCC(=O)Nc2ncc(C)s2)nc2cc(S(=O)(=O)N(CC)CC)ccc21. The molecule has 0 radical (unpaired) electrons. The van der Waals surface area contributed by atoms with Crippen molar-refractivity contribution in [3.8, 4) is 0 Å². The Bertz CT molecular complexity index is 1160. The molecular formula is C21H29N5O3S2. The number of anilines is 1. The molecule has 0 saturated heterocycles. The number of rotatable bonds is 10. The third-order valence-corrected chi connectivity index (χ3v) is 7.91. The summed E-state index contributed by atoms with van der Waals surface area (Å²) < 4.78 is 29.3. The van der Waals surface area contributed by atoms with Crippen LogP contribution in [0.3, 0.4) is 0 Å². The van der Waals surface area contributed by atoms with Crippen molar-refractivity contribution in [2.24, 2.45) is 0 Å². The van der Waals surface area contributed by atoms with Gasteiger partial charge in [0, 0.05) is 43.5 Å². The first-order valence-corrected chi connectivity index (χ1v) is 12.8. The molecule has 1 aromatic carbocycles. The maximum absolute atomic E-state index is 12.9. The minimum absolute atomic E-state index is 0.116. The fourth-order valence-electron chi connectivity index (χ4n) is 3.52. The van der Waals surface area contributed by atoms with Crippen LogP contribution in [0.15, 0.2) is 29.3 Å². The van der Waals surface area contributed by atoms with E-state index in [1.165, 1.54) is 15.6 Å². The topological polar surface area (TPSA) is 97.2 Å². The van der Waals surface area contributed by atoms with Gasteiger partial charge in [-0.2, -0.15) is 4.31 Å². The third kappa shape index (κ3) is 5.13. The number of hydrogen-bond donors (Lipinski definition) is 1. The van der Waals surface area contributed by atoms with Crippen LogP contribution in [-0.2, 0) is 27.8 Å². The molecule has 0 aliphatic rings. The molecule has 3 rings (SSSR count). The molecule has 0 unspecified atom stereocenters. The quantitative estimate of drug-likeness (QED) is 0.493. The van der Waals surface area contributed by atoms with E-state index in [4.69, 9.17) is 0 Å². The monoisotopic (exact) mass is 463 g/mol. The summed E-state index contributed by atoms with van der Waals surface area (Å²) >= 11 is 1.44. The summed E-state index contributed by atoms with van der Waals surface area (Å²) in [5.41, 5.74) is 1.51. The van der Waals surface area contributed by atoms with Gasteiger partial charge in [0.25, 0.3) is 0 Å². The highest BCUT2D eigenvalue weighted by molar-refractivity contribution is 7.89. The van der Waals surface area contributed by atoms with E-state index in [0.717, 1.165) is 29.2 Å². The first kappa shape index (κ1) is 23.4. The maximum atomic E-state index is 12.9. The number of nitrogens with one attached hydrogen (secondary N) is 1. The van der Waals surface area contributed by atoms with Crippen molar-refractivity contribution in [1.29, 1.82) is 0 Å². The second-order valence-electron chi connectivity index (χ2n) is 7.24. The fraction of sp³-hybridized carbons (Fsp3) is 0.476. The van der Waals surface area contributed by atoms with Gasteiger partial charge in [0.05, 0.1) is 15.9 Å². The molecule has 0 bridgehead atoms. The van der Waals surface area contributed by atoms with Crippen LogP contribution in [0.5, 0.6) is 0 Å². The lowest BCUT2D eigenvalue weighted by molar-refractivity contribution is -0.116. The second kappa shape index (κ2) is 9.88. The zero-order valence-electron chi connectivity index (χ0n) is 18.4. The molecule has 31 heavy (non-hydrogen) atoms. The predicted octanol–water partition coefficient (Wildman–Crippen LogP) is 3.81. The molecular weight excluding hydrogens is 434 g/mol. The van der Waals surface area contributed by atoms with E-state index in [9.17, 15) is 13.2 Å². The van der Waals surface area contributed by atoms with Gasteiger partial charge in [-0.05, 0) is 31.5 Å². The molecule has 10 heteroatoms. The number of amides is 1. The number of thiazole rings is 1. The smallest absolute Gasteiger partial charge is 0.243 e. The second-order valence-corrected chi connectivity index (χ2v) is 10.4. The van der Waals surface area contributed by atoms with Gasteiger partial charge in [0.15, 0.2) is 5.13 Å². The summed E-state index contributed by atoms with van der Waals surface area (Å²) in [6, 6.07) is 5.10. The van der Waals surface area contributed by atoms with Crippen LogP contribution in [0.2, 0.25) is 0 Å². The zero-order chi connectivity index (χ0) is 22.6. The summed E-state index contributed by atoms with van der Waals surface area (Å²) in [6.07, 6.45) is 3.37. The van der Waals surface area contributed by atoms with Gasteiger partial charge in [-0.1, -0.05) is 20.8 Å². The number of imidazole rings is 1. The van der Waals surface area contributed by atoms with Crippen molar-refractivity contribution in [2.75, 3.05) is 18.4 Å². The Balaban J connectivity index is 1.85. The van der Waals surface area contributed by atoms with E-state index in [-0.39, 0.29) is 17.2 Å². The highest BCUT2D eigenvalue weighted by atomic mass is 32.2. The number of aromatic nitrogens is 3. The summed E-state index contributed by atoms with van der Waals surface area (Å²) in [6.45, 7) is 9.25. The molecule has 1 amide bonds. The predicted molar refractivity (Wildman–Crippen MR) is 124 cm³/mol. The molecule has 0 fully saturated rings. The lowest BCUT2D eigenvalue weighted by atomic mass is 10.2. The Morgan fingerprint density at radius 2 is 1.97 bits per heavy atom. The van der Waals surface area contributed by atoms with Crippen LogP contribution in [0.1, 0.15) is 44.3 Å². The number of benzene rings is 1. The average molecular weight is 464 g/mol. The normalized spacial score (nSPS) is 12.0. The van der Waals surface area contributed by atoms with Crippen molar-refractivity contribution < 1.29 is 13.2 Å². The van der Waals surface area contributed by atoms with Gasteiger partial charge in [-0.25, -0.2) is 18.4 Å². The number of nitrogens with zero attached hydrogens (tertiary/aromatic N) is 4. The number of aryl methyl sites for hydroxylation is 3. The van der Waals surface area contributed by atoms with E-state index in [2.05, 4.69) is 26.8 Å². The van der Waals surface area contributed by atoms with Crippen LogP contribution < -0.4 is 5.32 Å². The summed E-state index contributed by atoms with van der Waals surface area (Å²) in [5.74, 6) is 0.661. The highest BCUT2D eigenvalue weighted by Gasteiger charge is 2.23. The van der Waals surface area contributed by atoms with Crippen LogP contribution in [0, 0.1) is 6.92 Å². The molecule has 0 saturated carbocycles. The summed E-state index contributed by atoms with van der Waals surface area (Å²) in [4.78, 5) is 22.5. The van der Waals surface area contributed by atoms with Crippen molar-refractivity contribution in [2.45, 2.75) is 58.4 Å². The molecule has 3 aromatic rings. The summed E-state index contributed by atoms with van der Waals surface area (Å²) in [5, 5.41) is 3.41. The lowest BCUT2D eigenvalue weighted by Gasteiger charge is -2.18. The highest BCUT2D eigenvalue weighted by Crippen LogP contribution is 2.24. The first-order chi connectivity index (χ1) is 14.8. The lowest BCUT2D eigenvalue weighted by Crippen LogP contribution is -2.30. The van der Waals surface area contributed by atoms with E-state index >= 15 is 0 Å². The van der Waals surface area contributed by atoms with Crippen molar-refractivity contribution in [1.82, 2.24) is 18.8 Å². The molecule has 0 atom stereocenters. The van der Waals surface area contributed by atoms with Gasteiger partial charge in [-0.15, -0.1) is 11.3 Å². The van der Waals surface area contributed by atoms with Gasteiger partial charge in [-0.3, -0.25) is 4.79 Å². The van der Waals surface area contributed by atoms with E-state index in [1.54, 1.807) is 18.3 Å². The summed E-state index contributed by atoms with van der Waals surface area (Å²) in [7, 11) is -3.55. The van der Waals surface area contributed by atoms with Crippen LogP contribution in [0.4, 0.5) is 5.13 Å². The van der Waals surface area contributed by atoms with Crippen molar-refractivity contribution in [3.05, 3.63) is 35.1 Å². The molecule has 0 aliphatic heterocycles. The van der Waals surface area contributed by atoms with Crippen molar-refractivity contribution >= 4 is 43.4 Å². The van der Waals surface area contributed by atoms with Crippen LogP contribution in [0.25, 0.3) is 11.0 Å². The molecule has 2 aromatic heterocycles. The number of sulfonamides is 1. The first-order valence-electron chi connectivity index (χ1n) is 10.5. The van der Waals surface area contributed by atoms with Crippen LogP contribution >= 0.6 is 11.3 Å². The number of fused-ring (bicyclic) bond motifs is 1. The molecule has 0 aliphatic carbocycles. The minimum atomic E-state index is -3.55. The maximum Gasteiger partial charge on any atom is 0.243 e. The average Bonchev–Trinajstić information content (AvgIpc) is 3.30. The van der Waals surface area contributed by atoms with E-state index in [0.29, 0.717) is 30.2 Å². The molecule has 1 N–H and O–H groups in total. The standard InChI is InChI=1S/C21H29N5O3S2/c1-5-12-26-18-9-8-16(31(28,29)25(6-2)7-3)13-17(18)23-19(26)10-11-20(27)24-21-22-14-15(4)30-21/h8-9,13-14H,5-7,10-12H2,1-4H3,(H,22,24,27). The van der Waals surface area contributed by atoms with E-state index in [1.807, 2.05) is 26.8 Å². The molecule has 8 nitrogen and oxygen atoms in total. The fourth-order valence-corrected chi connectivity index (χ4v) is 5.68. The third-order valence-electron chi connectivity index (χ3n) is 5.03.